The van der Waals surface area contributed by atoms with E-state index in [4.69, 9.17) is 4.42 Å². The third kappa shape index (κ3) is 5.91. The van der Waals surface area contributed by atoms with E-state index < -0.39 is 0 Å². The van der Waals surface area contributed by atoms with Gasteiger partial charge in [0.1, 0.15) is 0 Å². The molecular formula is C25H35N5O2. The molecular weight excluding hydrogens is 402 g/mol. The second kappa shape index (κ2) is 11.2. The molecule has 1 aromatic heterocycles. The highest BCUT2D eigenvalue weighted by atomic mass is 16.3. The van der Waals surface area contributed by atoms with Gasteiger partial charge in [0, 0.05) is 46.3 Å². The van der Waals surface area contributed by atoms with Gasteiger partial charge < -0.3 is 19.5 Å². The quantitative estimate of drug-likeness (QED) is 0.575. The molecule has 2 saturated heterocycles. The van der Waals surface area contributed by atoms with Crippen molar-refractivity contribution in [2.75, 3.05) is 46.3 Å². The Bertz CT molecular complexity index is 862. The number of nitrogens with zero attached hydrogens (tertiary/aromatic N) is 4. The van der Waals surface area contributed by atoms with E-state index in [2.05, 4.69) is 44.4 Å². The Morgan fingerprint density at radius 1 is 0.906 bits per heavy atom. The molecule has 3 heterocycles. The van der Waals surface area contributed by atoms with Crippen molar-refractivity contribution in [2.24, 2.45) is 4.99 Å². The van der Waals surface area contributed by atoms with Crippen molar-refractivity contribution in [3.63, 3.8) is 0 Å². The maximum atomic E-state index is 12.5. The average Bonchev–Trinajstić information content (AvgIpc) is 3.26. The smallest absolute Gasteiger partial charge is 0.289 e. The topological polar surface area (TPSA) is 64.3 Å². The van der Waals surface area contributed by atoms with Gasteiger partial charge in [-0.1, -0.05) is 37.1 Å². The third-order valence-corrected chi connectivity index (χ3v) is 6.39. The van der Waals surface area contributed by atoms with Crippen LogP contribution in [0.4, 0.5) is 0 Å². The van der Waals surface area contributed by atoms with E-state index in [-0.39, 0.29) is 5.91 Å². The maximum absolute atomic E-state index is 12.5. The summed E-state index contributed by atoms with van der Waals surface area (Å²) in [4.78, 5) is 23.5. The summed E-state index contributed by atoms with van der Waals surface area (Å²) < 4.78 is 5.24. The number of carbonyl (C=O) groups excluding carboxylic acids is 1. The summed E-state index contributed by atoms with van der Waals surface area (Å²) in [7, 11) is 1.81. The molecule has 1 N–H and O–H groups in total. The van der Waals surface area contributed by atoms with Gasteiger partial charge in [-0.15, -0.1) is 0 Å². The number of carbonyl (C=O) groups is 1. The van der Waals surface area contributed by atoms with Gasteiger partial charge in [-0.25, -0.2) is 0 Å². The van der Waals surface area contributed by atoms with Crippen molar-refractivity contribution in [3.05, 3.63) is 59.5 Å². The van der Waals surface area contributed by atoms with Crippen LogP contribution in [0.5, 0.6) is 0 Å². The number of rotatable bonds is 5. The molecule has 172 valence electrons. The summed E-state index contributed by atoms with van der Waals surface area (Å²) >= 11 is 0. The number of amides is 1. The zero-order valence-corrected chi connectivity index (χ0v) is 19.1. The highest BCUT2D eigenvalue weighted by Crippen LogP contribution is 2.14. The van der Waals surface area contributed by atoms with Gasteiger partial charge in [0.05, 0.1) is 6.26 Å². The summed E-state index contributed by atoms with van der Waals surface area (Å²) in [6, 6.07) is 12.4. The lowest BCUT2D eigenvalue weighted by Crippen LogP contribution is -2.53. The van der Waals surface area contributed by atoms with E-state index in [9.17, 15) is 4.79 Å². The van der Waals surface area contributed by atoms with Crippen LogP contribution >= 0.6 is 0 Å². The first-order valence-electron chi connectivity index (χ1n) is 11.8. The van der Waals surface area contributed by atoms with Crippen LogP contribution in [0.1, 0.15) is 47.4 Å². The lowest BCUT2D eigenvalue weighted by molar-refractivity contribution is 0.0657. The number of guanidine groups is 1. The predicted octanol–water partition coefficient (Wildman–Crippen LogP) is 3.19. The summed E-state index contributed by atoms with van der Waals surface area (Å²) in [6.07, 6.45) is 6.94. The number of hydrogen-bond acceptors (Lipinski definition) is 4. The lowest BCUT2D eigenvalue weighted by Gasteiger charge is -2.36. The van der Waals surface area contributed by atoms with Crippen LogP contribution in [0, 0.1) is 0 Å². The van der Waals surface area contributed by atoms with Crippen molar-refractivity contribution in [1.29, 1.82) is 0 Å². The zero-order chi connectivity index (χ0) is 22.2. The molecule has 0 unspecified atom stereocenters. The first-order valence-corrected chi connectivity index (χ1v) is 11.8. The van der Waals surface area contributed by atoms with Gasteiger partial charge in [0.15, 0.2) is 11.7 Å². The summed E-state index contributed by atoms with van der Waals surface area (Å²) in [5.41, 5.74) is 2.63. The highest BCUT2D eigenvalue weighted by Gasteiger charge is 2.25. The molecule has 7 nitrogen and oxygen atoms in total. The number of furan rings is 1. The normalized spacial score (nSPS) is 18.5. The Labute approximate surface area is 191 Å². The standard InChI is InChI=1S/C25H35N5O2/c1-26-25(30-16-14-29(15-17-30)24(31)23-7-6-18-32-23)27-19-21-8-10-22(11-9-21)20-28-12-4-2-3-5-13-28/h6-11,18H,2-5,12-17,19-20H2,1H3,(H,26,27). The average molecular weight is 438 g/mol. The van der Waals surface area contributed by atoms with Crippen molar-refractivity contribution >= 4 is 11.9 Å². The molecule has 1 amide bonds. The van der Waals surface area contributed by atoms with Crippen LogP contribution in [0.25, 0.3) is 0 Å². The SMILES string of the molecule is CN=C(NCc1ccc(CN2CCCCCC2)cc1)N1CCN(C(=O)c2ccco2)CC1. The van der Waals surface area contributed by atoms with E-state index in [1.165, 1.54) is 56.2 Å². The van der Waals surface area contributed by atoms with E-state index >= 15 is 0 Å². The molecule has 0 saturated carbocycles. The van der Waals surface area contributed by atoms with E-state index in [0.29, 0.717) is 18.8 Å². The van der Waals surface area contributed by atoms with Gasteiger partial charge in [0.25, 0.3) is 5.91 Å². The zero-order valence-electron chi connectivity index (χ0n) is 19.1. The van der Waals surface area contributed by atoms with Crippen LogP contribution in [0.2, 0.25) is 0 Å². The molecule has 0 bridgehead atoms. The lowest BCUT2D eigenvalue weighted by atomic mass is 10.1. The minimum Gasteiger partial charge on any atom is -0.459 e. The largest absolute Gasteiger partial charge is 0.459 e. The van der Waals surface area contributed by atoms with E-state index in [0.717, 1.165) is 32.1 Å². The fourth-order valence-corrected chi connectivity index (χ4v) is 4.51. The molecule has 0 radical (unpaired) electrons. The molecule has 32 heavy (non-hydrogen) atoms. The van der Waals surface area contributed by atoms with Gasteiger partial charge >= 0.3 is 0 Å². The minimum absolute atomic E-state index is 0.0436. The first kappa shape index (κ1) is 22.4. The van der Waals surface area contributed by atoms with E-state index in [1.54, 1.807) is 12.1 Å². The van der Waals surface area contributed by atoms with Gasteiger partial charge in [-0.3, -0.25) is 14.7 Å². The Hall–Kier alpha value is -2.80. The third-order valence-electron chi connectivity index (χ3n) is 6.39. The van der Waals surface area contributed by atoms with Crippen molar-refractivity contribution in [2.45, 2.75) is 38.8 Å². The molecule has 0 aliphatic carbocycles. The molecule has 2 aliphatic rings. The van der Waals surface area contributed by atoms with Gasteiger partial charge in [-0.05, 0) is 49.2 Å². The summed E-state index contributed by atoms with van der Waals surface area (Å²) in [6.45, 7) is 7.05. The molecule has 2 aliphatic heterocycles. The molecule has 7 heteroatoms. The first-order chi connectivity index (χ1) is 15.7. The van der Waals surface area contributed by atoms with Crippen molar-refractivity contribution in [1.82, 2.24) is 20.0 Å². The van der Waals surface area contributed by atoms with Crippen molar-refractivity contribution < 1.29 is 9.21 Å². The summed E-state index contributed by atoms with van der Waals surface area (Å²) in [5, 5.41) is 3.48. The molecule has 2 fully saturated rings. The Kier molecular flexibility index (Phi) is 7.82. The second-order valence-electron chi connectivity index (χ2n) is 8.66. The van der Waals surface area contributed by atoms with E-state index in [1.807, 2.05) is 11.9 Å². The fourth-order valence-electron chi connectivity index (χ4n) is 4.51. The highest BCUT2D eigenvalue weighted by molar-refractivity contribution is 5.91. The number of aliphatic imine (C=N–C) groups is 1. The van der Waals surface area contributed by atoms with Crippen LogP contribution in [0.3, 0.4) is 0 Å². The fraction of sp³-hybridized carbons (Fsp3) is 0.520. The van der Waals surface area contributed by atoms with Crippen molar-refractivity contribution in [3.8, 4) is 0 Å². The summed E-state index contributed by atoms with van der Waals surface area (Å²) in [5.74, 6) is 1.24. The Balaban J connectivity index is 1.23. The van der Waals surface area contributed by atoms with Gasteiger partial charge in [-0.2, -0.15) is 0 Å². The maximum Gasteiger partial charge on any atom is 0.289 e. The molecule has 1 aromatic carbocycles. The number of piperazine rings is 1. The Morgan fingerprint density at radius 2 is 1.56 bits per heavy atom. The molecule has 0 spiro atoms. The molecule has 2 aromatic rings. The second-order valence-corrected chi connectivity index (χ2v) is 8.66. The minimum atomic E-state index is -0.0436. The van der Waals surface area contributed by atoms with Crippen LogP contribution in [0.15, 0.2) is 52.1 Å². The molecule has 0 atom stereocenters. The number of likely N-dealkylation sites (tertiary alicyclic amines) is 1. The van der Waals surface area contributed by atoms with Gasteiger partial charge in [0.2, 0.25) is 0 Å². The number of nitrogens with one attached hydrogen (secondary N) is 1. The molecule has 4 rings (SSSR count). The van der Waals surface area contributed by atoms with Crippen LogP contribution in [-0.4, -0.2) is 72.9 Å². The Morgan fingerprint density at radius 3 is 2.19 bits per heavy atom. The number of benzene rings is 1. The van der Waals surface area contributed by atoms with Crippen LogP contribution < -0.4 is 5.32 Å². The number of hydrogen-bond donors (Lipinski definition) is 1. The predicted molar refractivity (Wildman–Crippen MR) is 127 cm³/mol. The van der Waals surface area contributed by atoms with Crippen LogP contribution in [-0.2, 0) is 13.1 Å². The monoisotopic (exact) mass is 437 g/mol.